The highest BCUT2D eigenvalue weighted by molar-refractivity contribution is 5.46. The molecule has 0 heterocycles. The Morgan fingerprint density at radius 3 is 1.30 bits per heavy atom. The molecule has 1 heteroatoms. The van der Waals surface area contributed by atoms with Gasteiger partial charge in [-0.3, -0.25) is 0 Å². The molecule has 2 rings (SSSR count). The van der Waals surface area contributed by atoms with Gasteiger partial charge in [0.05, 0.1) is 0 Å². The lowest BCUT2D eigenvalue weighted by atomic mass is 10.0. The molecular formula is C26H46O. The SMILES string of the molecule is CC.CC.CC.CC.CCc1cc(C)c(Oc2cc(C)cc(C)c2)c(C)c1. The van der Waals surface area contributed by atoms with Crippen LogP contribution in [0, 0.1) is 27.7 Å². The molecule has 0 aliphatic rings. The zero-order valence-corrected chi connectivity index (χ0v) is 20.5. The monoisotopic (exact) mass is 374 g/mol. The van der Waals surface area contributed by atoms with Crippen molar-refractivity contribution in [1.29, 1.82) is 0 Å². The van der Waals surface area contributed by atoms with Crippen LogP contribution in [0.25, 0.3) is 0 Å². The summed E-state index contributed by atoms with van der Waals surface area (Å²) in [6.45, 7) is 26.6. The summed E-state index contributed by atoms with van der Waals surface area (Å²) in [5.41, 5.74) is 6.24. The van der Waals surface area contributed by atoms with Crippen LogP contribution in [0.3, 0.4) is 0 Å². The zero-order valence-electron chi connectivity index (χ0n) is 20.5. The molecule has 0 aromatic heterocycles. The predicted molar refractivity (Wildman–Crippen MR) is 127 cm³/mol. The molecule has 0 unspecified atom stereocenters. The van der Waals surface area contributed by atoms with Gasteiger partial charge in [0.25, 0.3) is 0 Å². The van der Waals surface area contributed by atoms with E-state index in [0.717, 1.165) is 17.9 Å². The summed E-state index contributed by atoms with van der Waals surface area (Å²) in [6, 6.07) is 10.8. The largest absolute Gasteiger partial charge is 0.457 e. The van der Waals surface area contributed by atoms with Crippen molar-refractivity contribution < 1.29 is 4.74 Å². The molecule has 27 heavy (non-hydrogen) atoms. The molecule has 0 aliphatic heterocycles. The molecular weight excluding hydrogens is 328 g/mol. The fourth-order valence-corrected chi connectivity index (χ4v) is 2.51. The van der Waals surface area contributed by atoms with Gasteiger partial charge in [-0.1, -0.05) is 80.5 Å². The fraction of sp³-hybridized carbons (Fsp3) is 0.538. The van der Waals surface area contributed by atoms with E-state index in [1.54, 1.807) is 0 Å². The molecule has 0 radical (unpaired) electrons. The van der Waals surface area contributed by atoms with Gasteiger partial charge in [-0.25, -0.2) is 0 Å². The molecule has 0 fully saturated rings. The summed E-state index contributed by atoms with van der Waals surface area (Å²) in [7, 11) is 0. The second kappa shape index (κ2) is 19.0. The molecule has 0 N–H and O–H groups in total. The normalized spacial score (nSPS) is 8.33. The van der Waals surface area contributed by atoms with E-state index < -0.39 is 0 Å². The topological polar surface area (TPSA) is 9.23 Å². The van der Waals surface area contributed by atoms with Crippen molar-refractivity contribution in [3.63, 3.8) is 0 Å². The lowest BCUT2D eigenvalue weighted by Crippen LogP contribution is -1.94. The van der Waals surface area contributed by atoms with Gasteiger partial charge in [-0.2, -0.15) is 0 Å². The van der Waals surface area contributed by atoms with Crippen molar-refractivity contribution in [3.05, 3.63) is 58.1 Å². The third-order valence-corrected chi connectivity index (χ3v) is 3.34. The maximum absolute atomic E-state index is 6.10. The lowest BCUT2D eigenvalue weighted by Gasteiger charge is -2.14. The second-order valence-corrected chi connectivity index (χ2v) is 5.34. The number of rotatable bonds is 3. The Balaban J connectivity index is -0.000000638. The molecule has 0 saturated carbocycles. The van der Waals surface area contributed by atoms with E-state index >= 15 is 0 Å². The van der Waals surface area contributed by atoms with Crippen LogP contribution in [0.5, 0.6) is 11.5 Å². The molecule has 2 aromatic carbocycles. The number of benzene rings is 2. The van der Waals surface area contributed by atoms with Crippen LogP contribution in [0.4, 0.5) is 0 Å². The molecule has 2 aromatic rings. The maximum Gasteiger partial charge on any atom is 0.133 e. The van der Waals surface area contributed by atoms with E-state index in [1.165, 1.54) is 27.8 Å². The number of hydrogen-bond acceptors (Lipinski definition) is 1. The maximum atomic E-state index is 6.10. The van der Waals surface area contributed by atoms with Crippen LogP contribution in [0.2, 0.25) is 0 Å². The van der Waals surface area contributed by atoms with Gasteiger partial charge < -0.3 is 4.74 Å². The van der Waals surface area contributed by atoms with Gasteiger partial charge in [-0.05, 0) is 74.1 Å². The van der Waals surface area contributed by atoms with Gasteiger partial charge in [0.15, 0.2) is 0 Å². The fourth-order valence-electron chi connectivity index (χ4n) is 2.51. The van der Waals surface area contributed by atoms with Crippen LogP contribution in [-0.2, 0) is 6.42 Å². The van der Waals surface area contributed by atoms with Crippen LogP contribution in [-0.4, -0.2) is 0 Å². The van der Waals surface area contributed by atoms with Crippen molar-refractivity contribution in [2.24, 2.45) is 0 Å². The first-order chi connectivity index (χ1) is 13.0. The van der Waals surface area contributed by atoms with E-state index in [4.69, 9.17) is 4.74 Å². The first kappa shape index (κ1) is 30.0. The van der Waals surface area contributed by atoms with Crippen LogP contribution in [0.15, 0.2) is 30.3 Å². The third-order valence-electron chi connectivity index (χ3n) is 3.34. The van der Waals surface area contributed by atoms with Crippen LogP contribution in [0.1, 0.15) is 90.1 Å². The van der Waals surface area contributed by atoms with Crippen molar-refractivity contribution >= 4 is 0 Å². The molecule has 0 atom stereocenters. The molecule has 1 nitrogen and oxygen atoms in total. The Morgan fingerprint density at radius 1 is 0.593 bits per heavy atom. The van der Waals surface area contributed by atoms with E-state index in [9.17, 15) is 0 Å². The minimum absolute atomic E-state index is 0.924. The smallest absolute Gasteiger partial charge is 0.133 e. The molecule has 156 valence electrons. The molecule has 0 aliphatic carbocycles. The van der Waals surface area contributed by atoms with Crippen LogP contribution < -0.4 is 4.74 Å². The first-order valence-electron chi connectivity index (χ1n) is 10.9. The Labute approximate surface area is 171 Å². The Morgan fingerprint density at radius 2 is 0.963 bits per heavy atom. The lowest BCUT2D eigenvalue weighted by molar-refractivity contribution is 0.474. The van der Waals surface area contributed by atoms with Crippen molar-refractivity contribution in [2.45, 2.75) is 96.4 Å². The van der Waals surface area contributed by atoms with E-state index in [2.05, 4.69) is 65.0 Å². The summed E-state index contributed by atoms with van der Waals surface area (Å²) >= 11 is 0. The Kier molecular flexibility index (Phi) is 21.1. The van der Waals surface area contributed by atoms with E-state index in [1.807, 2.05) is 55.4 Å². The van der Waals surface area contributed by atoms with Crippen molar-refractivity contribution in [2.75, 3.05) is 0 Å². The average Bonchev–Trinajstić information content (AvgIpc) is 2.70. The highest BCUT2D eigenvalue weighted by Gasteiger charge is 2.08. The molecule has 0 saturated heterocycles. The van der Waals surface area contributed by atoms with Gasteiger partial charge in [-0.15, -0.1) is 0 Å². The number of hydrogen-bond donors (Lipinski definition) is 0. The second-order valence-electron chi connectivity index (χ2n) is 5.34. The quantitative estimate of drug-likeness (QED) is 0.520. The van der Waals surface area contributed by atoms with Crippen LogP contribution >= 0.6 is 0 Å². The summed E-state index contributed by atoms with van der Waals surface area (Å²) in [5.74, 6) is 1.91. The zero-order chi connectivity index (χ0) is 22.0. The number of aryl methyl sites for hydroxylation is 5. The Bertz CT molecular complexity index is 554. The third kappa shape index (κ3) is 11.5. The minimum Gasteiger partial charge on any atom is -0.457 e. The summed E-state index contributed by atoms with van der Waals surface area (Å²) in [6.07, 6.45) is 1.06. The number of ether oxygens (including phenoxy) is 1. The summed E-state index contributed by atoms with van der Waals surface area (Å²) in [4.78, 5) is 0. The average molecular weight is 375 g/mol. The molecule has 0 spiro atoms. The highest BCUT2D eigenvalue weighted by Crippen LogP contribution is 2.31. The van der Waals surface area contributed by atoms with Crippen molar-refractivity contribution in [1.82, 2.24) is 0 Å². The van der Waals surface area contributed by atoms with E-state index in [0.29, 0.717) is 0 Å². The summed E-state index contributed by atoms with van der Waals surface area (Å²) < 4.78 is 6.10. The molecule has 0 bridgehead atoms. The Hall–Kier alpha value is -1.76. The minimum atomic E-state index is 0.924. The van der Waals surface area contributed by atoms with Gasteiger partial charge in [0, 0.05) is 0 Å². The predicted octanol–water partition coefficient (Wildman–Crippen LogP) is 9.38. The standard InChI is InChI=1S/C18H22O.4C2H6/c1-6-16-10-14(4)18(15(5)11-16)19-17-8-12(2)7-13(3)9-17;4*1-2/h7-11H,6H2,1-5H3;4*1-2H3. The van der Waals surface area contributed by atoms with Gasteiger partial charge in [0.1, 0.15) is 11.5 Å². The first-order valence-corrected chi connectivity index (χ1v) is 10.9. The highest BCUT2D eigenvalue weighted by atomic mass is 16.5. The van der Waals surface area contributed by atoms with Gasteiger partial charge >= 0.3 is 0 Å². The van der Waals surface area contributed by atoms with E-state index in [-0.39, 0.29) is 0 Å². The van der Waals surface area contributed by atoms with Crippen molar-refractivity contribution in [3.8, 4) is 11.5 Å². The molecule has 0 amide bonds. The summed E-state index contributed by atoms with van der Waals surface area (Å²) in [5, 5.41) is 0. The van der Waals surface area contributed by atoms with Gasteiger partial charge in [0.2, 0.25) is 0 Å².